The normalized spacial score (nSPS) is 13.9. The van der Waals surface area contributed by atoms with Crippen LogP contribution in [0.5, 0.6) is 0 Å². The van der Waals surface area contributed by atoms with Gasteiger partial charge in [-0.05, 0) is 17.5 Å². The molecule has 0 aliphatic heterocycles. The van der Waals surface area contributed by atoms with E-state index in [4.69, 9.17) is 0 Å². The number of rotatable bonds is 9. The first kappa shape index (κ1) is 17.6. The van der Waals surface area contributed by atoms with Crippen LogP contribution >= 0.6 is 0 Å². The minimum Gasteiger partial charge on any atom is -0.389 e. The first-order valence-corrected chi connectivity index (χ1v) is 8.31. The third-order valence-corrected chi connectivity index (χ3v) is 3.93. The summed E-state index contributed by atoms with van der Waals surface area (Å²) < 4.78 is 14.0. The van der Waals surface area contributed by atoms with Gasteiger partial charge in [0.25, 0.3) is 0 Å². The zero-order valence-corrected chi connectivity index (χ0v) is 13.7. The van der Waals surface area contributed by atoms with Gasteiger partial charge in [-0.2, -0.15) is 0 Å². The maximum absolute atomic E-state index is 14.0. The predicted molar refractivity (Wildman–Crippen MR) is 92.8 cm³/mol. The largest absolute Gasteiger partial charge is 0.389 e. The van der Waals surface area contributed by atoms with Crippen molar-refractivity contribution in [2.24, 2.45) is 0 Å². The SMILES string of the molecule is CCC[C@H](F)[C@H](O)CN(Cc1ccccc1)Cc1ccccc1. The number of nitrogens with zero attached hydrogens (tertiary/aromatic N) is 1. The Balaban J connectivity index is 2.04. The van der Waals surface area contributed by atoms with Gasteiger partial charge in [-0.3, -0.25) is 4.90 Å². The molecule has 0 spiro atoms. The number of hydrogen-bond donors (Lipinski definition) is 1. The fourth-order valence-electron chi connectivity index (χ4n) is 2.72. The molecule has 0 amide bonds. The zero-order chi connectivity index (χ0) is 16.5. The van der Waals surface area contributed by atoms with E-state index < -0.39 is 12.3 Å². The Kier molecular flexibility index (Phi) is 7.24. The lowest BCUT2D eigenvalue weighted by Crippen LogP contribution is -2.37. The molecule has 0 aromatic heterocycles. The minimum absolute atomic E-state index is 0.338. The van der Waals surface area contributed by atoms with Crippen LogP contribution in [0, 0.1) is 0 Å². The average Bonchev–Trinajstić information content (AvgIpc) is 2.57. The Morgan fingerprint density at radius 1 is 0.913 bits per heavy atom. The van der Waals surface area contributed by atoms with Crippen molar-refractivity contribution >= 4 is 0 Å². The van der Waals surface area contributed by atoms with Crippen molar-refractivity contribution in [3.05, 3.63) is 71.8 Å². The highest BCUT2D eigenvalue weighted by atomic mass is 19.1. The molecule has 124 valence electrons. The van der Waals surface area contributed by atoms with Gasteiger partial charge in [0.1, 0.15) is 6.17 Å². The molecule has 23 heavy (non-hydrogen) atoms. The summed E-state index contributed by atoms with van der Waals surface area (Å²) >= 11 is 0. The van der Waals surface area contributed by atoms with Crippen molar-refractivity contribution in [2.45, 2.75) is 45.1 Å². The van der Waals surface area contributed by atoms with E-state index in [-0.39, 0.29) is 0 Å². The quantitative estimate of drug-likeness (QED) is 0.750. The molecule has 2 rings (SSSR count). The van der Waals surface area contributed by atoms with E-state index in [0.717, 1.165) is 6.42 Å². The molecule has 0 aliphatic rings. The predicted octanol–water partition coefficient (Wildman–Crippen LogP) is 4.19. The smallest absolute Gasteiger partial charge is 0.127 e. The summed E-state index contributed by atoms with van der Waals surface area (Å²) in [7, 11) is 0. The van der Waals surface area contributed by atoms with Crippen LogP contribution in [-0.2, 0) is 13.1 Å². The van der Waals surface area contributed by atoms with Crippen LogP contribution in [0.4, 0.5) is 4.39 Å². The Morgan fingerprint density at radius 3 is 1.83 bits per heavy atom. The zero-order valence-electron chi connectivity index (χ0n) is 13.7. The van der Waals surface area contributed by atoms with E-state index in [1.54, 1.807) is 0 Å². The van der Waals surface area contributed by atoms with Gasteiger partial charge in [0.15, 0.2) is 0 Å². The lowest BCUT2D eigenvalue weighted by atomic mass is 10.1. The molecule has 2 aromatic carbocycles. The van der Waals surface area contributed by atoms with Gasteiger partial charge >= 0.3 is 0 Å². The summed E-state index contributed by atoms with van der Waals surface area (Å²) in [6.45, 7) is 3.67. The Morgan fingerprint density at radius 2 is 1.39 bits per heavy atom. The topological polar surface area (TPSA) is 23.5 Å². The molecule has 0 unspecified atom stereocenters. The lowest BCUT2D eigenvalue weighted by molar-refractivity contribution is 0.0345. The number of halogens is 1. The van der Waals surface area contributed by atoms with Gasteiger partial charge in [0.2, 0.25) is 0 Å². The first-order chi connectivity index (χ1) is 11.2. The number of hydrogen-bond acceptors (Lipinski definition) is 2. The van der Waals surface area contributed by atoms with Gasteiger partial charge < -0.3 is 5.11 Å². The second-order valence-electron chi connectivity index (χ2n) is 6.01. The van der Waals surface area contributed by atoms with Gasteiger partial charge in [0.05, 0.1) is 6.10 Å². The molecule has 2 nitrogen and oxygen atoms in total. The van der Waals surface area contributed by atoms with Crippen LogP contribution in [0.3, 0.4) is 0 Å². The highest BCUT2D eigenvalue weighted by molar-refractivity contribution is 5.17. The van der Waals surface area contributed by atoms with Gasteiger partial charge in [0, 0.05) is 19.6 Å². The molecule has 3 heteroatoms. The standard InChI is InChI=1S/C20H26FNO/c1-2-9-19(21)20(23)16-22(14-17-10-5-3-6-11-17)15-18-12-7-4-8-13-18/h3-8,10-13,19-20,23H,2,9,14-16H2,1H3/t19-,20+/m0/s1. The molecule has 2 aromatic rings. The number of alkyl halides is 1. The molecule has 0 radical (unpaired) electrons. The van der Waals surface area contributed by atoms with Crippen LogP contribution < -0.4 is 0 Å². The van der Waals surface area contributed by atoms with Crippen molar-refractivity contribution in [1.29, 1.82) is 0 Å². The molecule has 0 saturated carbocycles. The van der Waals surface area contributed by atoms with Gasteiger partial charge in [-0.1, -0.05) is 74.0 Å². The van der Waals surface area contributed by atoms with Crippen molar-refractivity contribution in [2.75, 3.05) is 6.54 Å². The van der Waals surface area contributed by atoms with E-state index >= 15 is 0 Å². The van der Waals surface area contributed by atoms with Crippen molar-refractivity contribution < 1.29 is 9.50 Å². The van der Waals surface area contributed by atoms with Gasteiger partial charge in [-0.25, -0.2) is 4.39 Å². The maximum Gasteiger partial charge on any atom is 0.127 e. The van der Waals surface area contributed by atoms with Crippen LogP contribution in [0.1, 0.15) is 30.9 Å². The molecule has 0 saturated heterocycles. The number of aliphatic hydroxyl groups excluding tert-OH is 1. The van der Waals surface area contributed by atoms with Crippen molar-refractivity contribution in [1.82, 2.24) is 4.90 Å². The minimum atomic E-state index is -1.16. The first-order valence-electron chi connectivity index (χ1n) is 8.31. The summed E-state index contributed by atoms with van der Waals surface area (Å²) in [6, 6.07) is 20.2. The Bertz CT molecular complexity index is 505. The van der Waals surface area contributed by atoms with Crippen LogP contribution in [0.15, 0.2) is 60.7 Å². The van der Waals surface area contributed by atoms with Crippen LogP contribution in [0.25, 0.3) is 0 Å². The van der Waals surface area contributed by atoms with E-state index in [0.29, 0.717) is 26.1 Å². The second kappa shape index (κ2) is 9.43. The van der Waals surface area contributed by atoms with Crippen molar-refractivity contribution in [3.63, 3.8) is 0 Å². The monoisotopic (exact) mass is 315 g/mol. The Hall–Kier alpha value is -1.71. The number of aliphatic hydroxyl groups is 1. The van der Waals surface area contributed by atoms with E-state index in [9.17, 15) is 9.50 Å². The highest BCUT2D eigenvalue weighted by Gasteiger charge is 2.21. The molecular weight excluding hydrogens is 289 g/mol. The van der Waals surface area contributed by atoms with E-state index in [2.05, 4.69) is 29.2 Å². The molecular formula is C20H26FNO. The molecule has 1 N–H and O–H groups in total. The fraction of sp³-hybridized carbons (Fsp3) is 0.400. The molecule has 0 heterocycles. The van der Waals surface area contributed by atoms with Crippen LogP contribution in [0.2, 0.25) is 0 Å². The second-order valence-corrected chi connectivity index (χ2v) is 6.01. The fourth-order valence-corrected chi connectivity index (χ4v) is 2.72. The maximum atomic E-state index is 14.0. The number of benzene rings is 2. The third kappa shape index (κ3) is 6.12. The van der Waals surface area contributed by atoms with E-state index in [1.165, 1.54) is 11.1 Å². The summed E-state index contributed by atoms with van der Waals surface area (Å²) in [5.74, 6) is 0. The molecule has 2 atom stereocenters. The summed E-state index contributed by atoms with van der Waals surface area (Å²) in [4.78, 5) is 2.11. The van der Waals surface area contributed by atoms with Crippen LogP contribution in [-0.4, -0.2) is 28.8 Å². The van der Waals surface area contributed by atoms with Gasteiger partial charge in [-0.15, -0.1) is 0 Å². The molecule has 0 bridgehead atoms. The summed E-state index contributed by atoms with van der Waals surface area (Å²) in [5, 5.41) is 10.2. The average molecular weight is 315 g/mol. The van der Waals surface area contributed by atoms with E-state index in [1.807, 2.05) is 43.3 Å². The van der Waals surface area contributed by atoms with Crippen molar-refractivity contribution in [3.8, 4) is 0 Å². The summed E-state index contributed by atoms with van der Waals surface area (Å²) in [6.07, 6.45) is -0.946. The highest BCUT2D eigenvalue weighted by Crippen LogP contribution is 2.14. The Labute approximate surface area is 138 Å². The molecule has 0 fully saturated rings. The summed E-state index contributed by atoms with van der Waals surface area (Å²) in [5.41, 5.74) is 2.34. The lowest BCUT2D eigenvalue weighted by Gasteiger charge is -2.27. The molecule has 0 aliphatic carbocycles. The third-order valence-electron chi connectivity index (χ3n) is 3.93.